The minimum absolute atomic E-state index is 0.558. The summed E-state index contributed by atoms with van der Waals surface area (Å²) in [7, 11) is 0. The number of carboxylic acid groups (broad SMARTS) is 2. The van der Waals surface area contributed by atoms with E-state index in [1.54, 1.807) is 0 Å². The van der Waals surface area contributed by atoms with E-state index in [0.717, 1.165) is 43.4 Å². The Kier molecular flexibility index (Phi) is 7.77. The third-order valence-corrected chi connectivity index (χ3v) is 3.78. The van der Waals surface area contributed by atoms with Gasteiger partial charge in [-0.3, -0.25) is 9.67 Å². The zero-order valence-electron chi connectivity index (χ0n) is 15.5. The van der Waals surface area contributed by atoms with Gasteiger partial charge in [0.05, 0.1) is 18.8 Å². The topological polar surface area (TPSA) is 129 Å². The third-order valence-electron chi connectivity index (χ3n) is 3.78. The molecule has 148 valence electrons. The molecule has 0 aliphatic carbocycles. The highest BCUT2D eigenvalue weighted by atomic mass is 16.4. The average Bonchev–Trinajstić information content (AvgIpc) is 3.37. The summed E-state index contributed by atoms with van der Waals surface area (Å²) < 4.78 is 2.01. The van der Waals surface area contributed by atoms with Gasteiger partial charge in [-0.2, -0.15) is 5.10 Å². The first-order chi connectivity index (χ1) is 13.5. The molecule has 2 heterocycles. The number of carbonyl (C=O) groups is 2. The quantitative estimate of drug-likeness (QED) is 0.534. The van der Waals surface area contributed by atoms with E-state index >= 15 is 0 Å². The van der Waals surface area contributed by atoms with Crippen LogP contribution < -0.4 is 10.6 Å². The van der Waals surface area contributed by atoms with Crippen LogP contribution in [0, 0.1) is 0 Å². The number of hydrogen-bond acceptors (Lipinski definition) is 6. The fourth-order valence-electron chi connectivity index (χ4n) is 2.56. The summed E-state index contributed by atoms with van der Waals surface area (Å²) >= 11 is 0. The van der Waals surface area contributed by atoms with Crippen LogP contribution in [0.25, 0.3) is 11.3 Å². The number of aryl methyl sites for hydroxylation is 1. The van der Waals surface area contributed by atoms with Crippen molar-refractivity contribution in [2.24, 2.45) is 4.99 Å². The predicted octanol–water partition coefficient (Wildman–Crippen LogP) is 1.70. The van der Waals surface area contributed by atoms with E-state index in [4.69, 9.17) is 10.2 Å². The summed E-state index contributed by atoms with van der Waals surface area (Å²) in [5.41, 5.74) is 3.42. The standard InChI is InChI=1S/C15H19N5.C4H4O4/c1-2-20-14(7-8-19-20)12-5-3-4-6-13(12)18-11-15-16-9-10-17-15;5-3(6)1-2-4(7)8/h3-8,18H,2,9-11H2,1H3,(H,16,17);1-2H,(H,5,6)(H,7,8). The van der Waals surface area contributed by atoms with Crippen LogP contribution in [0.3, 0.4) is 0 Å². The first kappa shape index (κ1) is 20.7. The van der Waals surface area contributed by atoms with E-state index < -0.39 is 11.9 Å². The van der Waals surface area contributed by atoms with Crippen LogP contribution >= 0.6 is 0 Å². The first-order valence-corrected chi connectivity index (χ1v) is 8.77. The number of nitrogens with one attached hydrogen (secondary N) is 2. The highest BCUT2D eigenvalue weighted by molar-refractivity contribution is 5.90. The van der Waals surface area contributed by atoms with E-state index in [0.29, 0.717) is 12.2 Å². The maximum absolute atomic E-state index is 9.55. The Labute approximate surface area is 162 Å². The number of nitrogens with zero attached hydrogens (tertiary/aromatic N) is 3. The van der Waals surface area contributed by atoms with Crippen LogP contribution in [0.4, 0.5) is 5.69 Å². The van der Waals surface area contributed by atoms with Gasteiger partial charge >= 0.3 is 11.9 Å². The number of benzene rings is 1. The van der Waals surface area contributed by atoms with Crippen LogP contribution in [-0.4, -0.2) is 57.4 Å². The van der Waals surface area contributed by atoms with Crippen molar-refractivity contribution in [1.82, 2.24) is 15.1 Å². The molecule has 28 heavy (non-hydrogen) atoms. The van der Waals surface area contributed by atoms with E-state index in [-0.39, 0.29) is 0 Å². The molecular weight excluding hydrogens is 362 g/mol. The second-order valence-corrected chi connectivity index (χ2v) is 5.70. The van der Waals surface area contributed by atoms with Crippen LogP contribution in [-0.2, 0) is 16.1 Å². The molecule has 2 aromatic rings. The van der Waals surface area contributed by atoms with Gasteiger partial charge in [-0.25, -0.2) is 9.59 Å². The lowest BCUT2D eigenvalue weighted by molar-refractivity contribution is -0.134. The Morgan fingerprint density at radius 2 is 1.93 bits per heavy atom. The van der Waals surface area contributed by atoms with Gasteiger partial charge in [0.25, 0.3) is 0 Å². The van der Waals surface area contributed by atoms with Crippen molar-refractivity contribution in [2.45, 2.75) is 13.5 Å². The number of para-hydroxylation sites is 1. The van der Waals surface area contributed by atoms with Crippen molar-refractivity contribution in [2.75, 3.05) is 25.0 Å². The fourth-order valence-corrected chi connectivity index (χ4v) is 2.56. The van der Waals surface area contributed by atoms with Gasteiger partial charge in [-0.15, -0.1) is 0 Å². The van der Waals surface area contributed by atoms with Crippen molar-refractivity contribution in [3.8, 4) is 11.3 Å². The second-order valence-electron chi connectivity index (χ2n) is 5.70. The Balaban J connectivity index is 0.000000300. The van der Waals surface area contributed by atoms with Crippen LogP contribution in [0.5, 0.6) is 0 Å². The Bertz CT molecular complexity index is 857. The number of amidine groups is 1. The maximum atomic E-state index is 9.55. The van der Waals surface area contributed by atoms with Crippen molar-refractivity contribution in [3.63, 3.8) is 0 Å². The van der Waals surface area contributed by atoms with Gasteiger partial charge in [0.2, 0.25) is 0 Å². The number of aromatic nitrogens is 2. The lowest BCUT2D eigenvalue weighted by atomic mass is 10.1. The van der Waals surface area contributed by atoms with Gasteiger partial charge in [-0.1, -0.05) is 18.2 Å². The summed E-state index contributed by atoms with van der Waals surface area (Å²) in [6, 6.07) is 10.4. The molecule has 0 saturated heterocycles. The molecule has 0 amide bonds. The van der Waals surface area contributed by atoms with Gasteiger partial charge in [0.1, 0.15) is 5.84 Å². The second kappa shape index (κ2) is 10.5. The molecule has 9 heteroatoms. The minimum Gasteiger partial charge on any atom is -0.478 e. The normalized spacial score (nSPS) is 12.7. The molecule has 0 bridgehead atoms. The molecule has 0 saturated carbocycles. The average molecular weight is 385 g/mol. The largest absolute Gasteiger partial charge is 0.478 e. The van der Waals surface area contributed by atoms with Crippen molar-refractivity contribution in [1.29, 1.82) is 0 Å². The van der Waals surface area contributed by atoms with E-state index in [1.807, 2.05) is 16.9 Å². The molecule has 1 aliphatic rings. The molecule has 0 unspecified atom stereocenters. The molecule has 0 spiro atoms. The molecule has 0 atom stereocenters. The molecular formula is C19H23N5O4. The highest BCUT2D eigenvalue weighted by Gasteiger charge is 2.10. The Morgan fingerprint density at radius 1 is 1.21 bits per heavy atom. The number of hydrogen-bond donors (Lipinski definition) is 4. The molecule has 9 nitrogen and oxygen atoms in total. The molecule has 0 radical (unpaired) electrons. The minimum atomic E-state index is -1.26. The molecule has 3 rings (SSSR count). The highest BCUT2D eigenvalue weighted by Crippen LogP contribution is 2.27. The van der Waals surface area contributed by atoms with Gasteiger partial charge in [0.15, 0.2) is 0 Å². The van der Waals surface area contributed by atoms with Crippen LogP contribution in [0.1, 0.15) is 6.92 Å². The Hall–Kier alpha value is -3.62. The first-order valence-electron chi connectivity index (χ1n) is 8.77. The zero-order chi connectivity index (χ0) is 20.4. The van der Waals surface area contributed by atoms with Gasteiger partial charge < -0.3 is 20.8 Å². The van der Waals surface area contributed by atoms with Crippen molar-refractivity contribution >= 4 is 23.5 Å². The molecule has 1 aliphatic heterocycles. The molecule has 4 N–H and O–H groups in total. The fraction of sp³-hybridized carbons (Fsp3) is 0.263. The van der Waals surface area contributed by atoms with Crippen LogP contribution in [0.15, 0.2) is 53.7 Å². The van der Waals surface area contributed by atoms with E-state index in [2.05, 4.69) is 51.9 Å². The van der Waals surface area contributed by atoms with Crippen molar-refractivity contribution in [3.05, 3.63) is 48.7 Å². The summed E-state index contributed by atoms with van der Waals surface area (Å²) in [5.74, 6) is -1.48. The smallest absolute Gasteiger partial charge is 0.328 e. The number of carboxylic acids is 2. The number of anilines is 1. The molecule has 1 aromatic heterocycles. The summed E-state index contributed by atoms with van der Waals surface area (Å²) in [6.45, 7) is 5.52. The number of rotatable bonds is 7. The zero-order valence-corrected chi connectivity index (χ0v) is 15.5. The third kappa shape index (κ3) is 6.27. The lowest BCUT2D eigenvalue weighted by Crippen LogP contribution is -2.26. The lowest BCUT2D eigenvalue weighted by Gasteiger charge is -2.13. The number of aliphatic imine (C=N–C) groups is 1. The molecule has 1 aromatic carbocycles. The summed E-state index contributed by atoms with van der Waals surface area (Å²) in [5, 5.41) is 26.7. The van der Waals surface area contributed by atoms with Crippen LogP contribution in [0.2, 0.25) is 0 Å². The van der Waals surface area contributed by atoms with Gasteiger partial charge in [0, 0.05) is 42.7 Å². The van der Waals surface area contributed by atoms with E-state index in [1.165, 1.54) is 5.56 Å². The van der Waals surface area contributed by atoms with E-state index in [9.17, 15) is 9.59 Å². The summed E-state index contributed by atoms with van der Waals surface area (Å²) in [4.78, 5) is 23.5. The SMILES string of the molecule is CCn1nccc1-c1ccccc1NCC1=NCCN1.O=C(O)C=CC(=O)O. The monoisotopic (exact) mass is 385 g/mol. The maximum Gasteiger partial charge on any atom is 0.328 e. The predicted molar refractivity (Wildman–Crippen MR) is 107 cm³/mol. The summed E-state index contributed by atoms with van der Waals surface area (Å²) in [6.07, 6.45) is 2.96. The Morgan fingerprint density at radius 3 is 2.54 bits per heavy atom. The van der Waals surface area contributed by atoms with Crippen molar-refractivity contribution < 1.29 is 19.8 Å². The molecule has 0 fully saturated rings. The van der Waals surface area contributed by atoms with Gasteiger partial charge in [-0.05, 0) is 19.1 Å². The number of aliphatic carboxylic acids is 2.